The first-order chi connectivity index (χ1) is 9.27. The number of rotatable bonds is 3. The van der Waals surface area contributed by atoms with Crippen molar-refractivity contribution < 1.29 is 14.4 Å². The molecule has 2 heterocycles. The lowest BCUT2D eigenvalue weighted by Crippen LogP contribution is -2.50. The Balaban J connectivity index is 2.05. The number of carbonyl (C=O) groups excluding carboxylic acids is 3. The van der Waals surface area contributed by atoms with Crippen LogP contribution in [0.4, 0.5) is 4.79 Å². The molecule has 7 heteroatoms. The molecule has 2 fully saturated rings. The summed E-state index contributed by atoms with van der Waals surface area (Å²) < 4.78 is 0. The van der Waals surface area contributed by atoms with Crippen molar-refractivity contribution in [2.45, 2.75) is 38.8 Å². The molecule has 20 heavy (non-hydrogen) atoms. The van der Waals surface area contributed by atoms with E-state index in [-0.39, 0.29) is 24.4 Å². The van der Waals surface area contributed by atoms with Crippen LogP contribution in [-0.4, -0.2) is 58.9 Å². The molecule has 7 nitrogen and oxygen atoms in total. The van der Waals surface area contributed by atoms with E-state index >= 15 is 0 Å². The fourth-order valence-electron chi connectivity index (χ4n) is 2.85. The van der Waals surface area contributed by atoms with Crippen LogP contribution >= 0.6 is 0 Å². The summed E-state index contributed by atoms with van der Waals surface area (Å²) in [6.45, 7) is 6.36. The van der Waals surface area contributed by atoms with Crippen molar-refractivity contribution in [1.82, 2.24) is 15.1 Å². The van der Waals surface area contributed by atoms with Crippen LogP contribution in [0.5, 0.6) is 0 Å². The number of nitrogens with one attached hydrogen (secondary N) is 1. The van der Waals surface area contributed by atoms with E-state index in [1.807, 2.05) is 6.92 Å². The van der Waals surface area contributed by atoms with E-state index in [9.17, 15) is 14.4 Å². The van der Waals surface area contributed by atoms with Crippen molar-refractivity contribution in [3.8, 4) is 0 Å². The molecule has 2 unspecified atom stereocenters. The number of likely N-dealkylation sites (tertiary alicyclic amines) is 1. The average molecular weight is 282 g/mol. The van der Waals surface area contributed by atoms with E-state index in [0.29, 0.717) is 19.0 Å². The maximum Gasteiger partial charge on any atom is 0.325 e. The van der Waals surface area contributed by atoms with Crippen LogP contribution in [0, 0.1) is 5.92 Å². The molecule has 0 spiro atoms. The van der Waals surface area contributed by atoms with Gasteiger partial charge in [0.05, 0.1) is 0 Å². The van der Waals surface area contributed by atoms with Gasteiger partial charge >= 0.3 is 6.03 Å². The number of carbonyl (C=O) groups is 3. The number of imide groups is 1. The second kappa shape index (κ2) is 5.05. The van der Waals surface area contributed by atoms with E-state index in [0.717, 1.165) is 6.42 Å². The van der Waals surface area contributed by atoms with Gasteiger partial charge in [-0.3, -0.25) is 14.9 Å². The lowest BCUT2D eigenvalue weighted by Gasteiger charge is -2.30. The minimum atomic E-state index is -0.983. The highest BCUT2D eigenvalue weighted by Gasteiger charge is 2.47. The number of hydrogen-bond donors (Lipinski definition) is 2. The van der Waals surface area contributed by atoms with Crippen molar-refractivity contribution in [2.24, 2.45) is 11.7 Å². The monoisotopic (exact) mass is 282 g/mol. The fraction of sp³-hybridized carbons (Fsp3) is 0.769. The first-order valence-corrected chi connectivity index (χ1v) is 6.90. The molecule has 2 atom stereocenters. The Morgan fingerprint density at radius 3 is 2.55 bits per heavy atom. The summed E-state index contributed by atoms with van der Waals surface area (Å²) in [5, 5.41) is 2.24. The van der Waals surface area contributed by atoms with Gasteiger partial charge in [-0.1, -0.05) is 0 Å². The van der Waals surface area contributed by atoms with Crippen LogP contribution in [0.15, 0.2) is 0 Å². The standard InChI is InChI=1S/C13H22N4O3/c1-8-4-9(5-14)6-16(8)10(18)7-17-12(20)15-11(19)13(17,2)3/h8-9H,4-7,14H2,1-3H3,(H,15,19,20). The molecule has 0 aliphatic carbocycles. The molecule has 3 N–H and O–H groups in total. The van der Waals surface area contributed by atoms with Gasteiger partial charge in [-0.05, 0) is 39.7 Å². The van der Waals surface area contributed by atoms with Gasteiger partial charge in [-0.25, -0.2) is 4.79 Å². The summed E-state index contributed by atoms with van der Waals surface area (Å²) in [6, 6.07) is -0.379. The fourth-order valence-corrected chi connectivity index (χ4v) is 2.85. The third-order valence-electron chi connectivity index (χ3n) is 4.30. The summed E-state index contributed by atoms with van der Waals surface area (Å²) in [7, 11) is 0. The zero-order chi connectivity index (χ0) is 15.1. The van der Waals surface area contributed by atoms with Gasteiger partial charge in [0.25, 0.3) is 5.91 Å². The Morgan fingerprint density at radius 2 is 2.10 bits per heavy atom. The molecule has 0 aromatic carbocycles. The molecule has 0 aromatic heterocycles. The SMILES string of the molecule is CC1CC(CN)CN1C(=O)CN1C(=O)NC(=O)C1(C)C. The second-order valence-corrected chi connectivity index (χ2v) is 6.14. The third-order valence-corrected chi connectivity index (χ3v) is 4.30. The summed E-state index contributed by atoms with van der Waals surface area (Å²) >= 11 is 0. The molecule has 0 saturated carbocycles. The molecule has 2 aliphatic rings. The first-order valence-electron chi connectivity index (χ1n) is 6.90. The lowest BCUT2D eigenvalue weighted by atomic mass is 10.0. The predicted molar refractivity (Wildman–Crippen MR) is 72.7 cm³/mol. The van der Waals surface area contributed by atoms with E-state index in [1.165, 1.54) is 4.90 Å². The number of nitrogens with two attached hydrogens (primary N) is 1. The molecule has 2 aliphatic heterocycles. The van der Waals surface area contributed by atoms with Crippen LogP contribution in [0.25, 0.3) is 0 Å². The summed E-state index contributed by atoms with van der Waals surface area (Å²) in [6.07, 6.45) is 0.886. The first kappa shape index (κ1) is 14.8. The van der Waals surface area contributed by atoms with E-state index in [2.05, 4.69) is 5.32 Å². The van der Waals surface area contributed by atoms with E-state index in [4.69, 9.17) is 5.73 Å². The van der Waals surface area contributed by atoms with E-state index in [1.54, 1.807) is 18.7 Å². The van der Waals surface area contributed by atoms with Crippen molar-refractivity contribution in [3.63, 3.8) is 0 Å². The normalized spacial score (nSPS) is 29.0. The number of nitrogens with zero attached hydrogens (tertiary/aromatic N) is 2. The zero-order valence-corrected chi connectivity index (χ0v) is 12.2. The minimum absolute atomic E-state index is 0.0772. The highest BCUT2D eigenvalue weighted by atomic mass is 16.2. The summed E-state index contributed by atoms with van der Waals surface area (Å²) in [4.78, 5) is 38.8. The van der Waals surface area contributed by atoms with Crippen LogP contribution in [0.3, 0.4) is 0 Å². The number of hydrogen-bond acceptors (Lipinski definition) is 4. The Labute approximate surface area is 118 Å². The third kappa shape index (κ3) is 2.37. The smallest absolute Gasteiger partial charge is 0.325 e. The van der Waals surface area contributed by atoms with Crippen LogP contribution in [-0.2, 0) is 9.59 Å². The molecule has 4 amide bonds. The zero-order valence-electron chi connectivity index (χ0n) is 12.2. The molecule has 2 saturated heterocycles. The maximum atomic E-state index is 12.4. The molecule has 2 rings (SSSR count). The summed E-state index contributed by atoms with van der Waals surface area (Å²) in [5.41, 5.74) is 4.67. The largest absolute Gasteiger partial charge is 0.338 e. The Morgan fingerprint density at radius 1 is 1.45 bits per heavy atom. The van der Waals surface area contributed by atoms with Crippen molar-refractivity contribution in [3.05, 3.63) is 0 Å². The highest BCUT2D eigenvalue weighted by Crippen LogP contribution is 2.25. The van der Waals surface area contributed by atoms with Crippen molar-refractivity contribution in [2.75, 3.05) is 19.6 Å². The van der Waals surface area contributed by atoms with Crippen molar-refractivity contribution in [1.29, 1.82) is 0 Å². The Bertz CT molecular complexity index is 449. The molecule has 0 radical (unpaired) electrons. The van der Waals surface area contributed by atoms with E-state index < -0.39 is 11.6 Å². The number of amides is 4. The number of urea groups is 1. The topological polar surface area (TPSA) is 95.7 Å². The molecule has 112 valence electrons. The predicted octanol–water partition coefficient (Wildman–Crippen LogP) is -0.487. The van der Waals surface area contributed by atoms with Gasteiger partial charge in [-0.15, -0.1) is 0 Å². The lowest BCUT2D eigenvalue weighted by molar-refractivity contribution is -0.134. The Hall–Kier alpha value is -1.63. The Kier molecular flexibility index (Phi) is 3.73. The van der Waals surface area contributed by atoms with Crippen LogP contribution < -0.4 is 11.1 Å². The van der Waals surface area contributed by atoms with Gasteiger partial charge in [-0.2, -0.15) is 0 Å². The maximum absolute atomic E-state index is 12.4. The molecule has 0 bridgehead atoms. The van der Waals surface area contributed by atoms with Crippen LogP contribution in [0.2, 0.25) is 0 Å². The molecule has 0 aromatic rings. The van der Waals surface area contributed by atoms with Gasteiger partial charge in [0, 0.05) is 12.6 Å². The van der Waals surface area contributed by atoms with Gasteiger partial charge in [0.1, 0.15) is 12.1 Å². The van der Waals surface area contributed by atoms with Crippen LogP contribution in [0.1, 0.15) is 27.2 Å². The minimum Gasteiger partial charge on any atom is -0.338 e. The van der Waals surface area contributed by atoms with Gasteiger partial charge in [0.2, 0.25) is 5.91 Å². The van der Waals surface area contributed by atoms with Gasteiger partial charge in [0.15, 0.2) is 0 Å². The quantitative estimate of drug-likeness (QED) is 0.683. The summed E-state index contributed by atoms with van der Waals surface area (Å²) in [5.74, 6) is -0.188. The second-order valence-electron chi connectivity index (χ2n) is 6.14. The molecular formula is C13H22N4O3. The van der Waals surface area contributed by atoms with Crippen molar-refractivity contribution >= 4 is 17.8 Å². The molecular weight excluding hydrogens is 260 g/mol. The van der Waals surface area contributed by atoms with Gasteiger partial charge < -0.3 is 15.5 Å². The highest BCUT2D eigenvalue weighted by molar-refractivity contribution is 6.07. The average Bonchev–Trinajstić information content (AvgIpc) is 2.83.